The van der Waals surface area contributed by atoms with E-state index < -0.39 is 0 Å². The van der Waals surface area contributed by atoms with Crippen molar-refractivity contribution in [1.29, 1.82) is 0 Å². The zero-order valence-electron chi connectivity index (χ0n) is 28.3. The number of furan rings is 2. The summed E-state index contributed by atoms with van der Waals surface area (Å²) in [5.74, 6) is 1.31. The molecular weight excluding hydrogens is 637 g/mol. The smallest absolute Gasteiger partial charge is 0.143 e. The first-order chi connectivity index (χ1) is 25.8. The number of allylic oxidation sites excluding steroid dienone is 3. The number of para-hydroxylation sites is 4. The molecule has 4 heteroatoms. The maximum absolute atomic E-state index is 6.77. The molecule has 2 aliphatic carbocycles. The van der Waals surface area contributed by atoms with Crippen molar-refractivity contribution < 1.29 is 8.83 Å². The fourth-order valence-electron chi connectivity index (χ4n) is 9.37. The molecule has 2 unspecified atom stereocenters. The molecule has 0 bridgehead atoms. The molecule has 3 aliphatic rings. The number of fused-ring (bicyclic) bond motifs is 12. The maximum atomic E-state index is 6.77. The Bertz CT molecular complexity index is 3000. The molecule has 4 heterocycles. The first kappa shape index (κ1) is 28.2. The highest BCUT2D eigenvalue weighted by molar-refractivity contribution is 6.12. The second-order valence-corrected chi connectivity index (χ2v) is 14.3. The summed E-state index contributed by atoms with van der Waals surface area (Å²) in [5, 5.41) is 5.93. The van der Waals surface area contributed by atoms with Gasteiger partial charge in [-0.25, -0.2) is 0 Å². The maximum Gasteiger partial charge on any atom is 0.143 e. The van der Waals surface area contributed by atoms with Gasteiger partial charge in [0.2, 0.25) is 0 Å². The lowest BCUT2D eigenvalue weighted by Gasteiger charge is -2.28. The molecule has 52 heavy (non-hydrogen) atoms. The van der Waals surface area contributed by atoms with Crippen LogP contribution in [0.25, 0.3) is 66.0 Å². The lowest BCUT2D eigenvalue weighted by atomic mass is 9.90. The third kappa shape index (κ3) is 3.81. The highest BCUT2D eigenvalue weighted by Gasteiger charge is 2.37. The summed E-state index contributed by atoms with van der Waals surface area (Å²) in [4.78, 5) is 2.50. The Morgan fingerprint density at radius 1 is 0.577 bits per heavy atom. The van der Waals surface area contributed by atoms with E-state index in [0.29, 0.717) is 5.92 Å². The number of aryl methyl sites for hydroxylation is 1. The standard InChI is InChI=1S/C48H32N2O2/c1-5-19-41-31(11-1)32-12-2-6-20-42(32)49(41)29-23-25-45-39(27-29)37-17-9-15-35(47(37)51-45)36-16-10-18-38-40-28-30(24-26-46(40)52-48(36)38)50-43-21-7-3-13-33(43)34-14-4-8-22-44(34)50/h1-9,11-17,19-28,33,43H,10,18H2. The van der Waals surface area contributed by atoms with Crippen LogP contribution in [0.1, 0.15) is 34.8 Å². The number of hydrogen-bond donors (Lipinski definition) is 0. The monoisotopic (exact) mass is 668 g/mol. The van der Waals surface area contributed by atoms with Gasteiger partial charge in [-0.3, -0.25) is 0 Å². The molecule has 0 amide bonds. The topological polar surface area (TPSA) is 34.5 Å². The molecule has 9 aromatic rings. The van der Waals surface area contributed by atoms with E-state index in [2.05, 4.69) is 167 Å². The number of anilines is 2. The highest BCUT2D eigenvalue weighted by atomic mass is 16.3. The minimum Gasteiger partial charge on any atom is -0.456 e. The second kappa shape index (κ2) is 10.5. The molecule has 0 saturated carbocycles. The van der Waals surface area contributed by atoms with Crippen LogP contribution in [0.5, 0.6) is 0 Å². The van der Waals surface area contributed by atoms with Gasteiger partial charge in [0, 0.05) is 66.6 Å². The minimum absolute atomic E-state index is 0.263. The molecule has 0 saturated heterocycles. The molecule has 2 atom stereocenters. The summed E-state index contributed by atoms with van der Waals surface area (Å²) in [5.41, 5.74) is 13.6. The van der Waals surface area contributed by atoms with Crippen molar-refractivity contribution in [3.8, 4) is 5.69 Å². The summed E-state index contributed by atoms with van der Waals surface area (Å²) < 4.78 is 15.9. The average Bonchev–Trinajstić information content (AvgIpc) is 3.95. The zero-order valence-corrected chi connectivity index (χ0v) is 28.3. The summed E-state index contributed by atoms with van der Waals surface area (Å²) >= 11 is 0. The van der Waals surface area contributed by atoms with Crippen molar-refractivity contribution >= 4 is 71.7 Å². The first-order valence-electron chi connectivity index (χ1n) is 18.2. The second-order valence-electron chi connectivity index (χ2n) is 14.3. The molecule has 0 fully saturated rings. The van der Waals surface area contributed by atoms with E-state index in [0.717, 1.165) is 62.9 Å². The molecule has 0 N–H and O–H groups in total. The SMILES string of the molecule is C1=CC2c3ccccc3N(c3ccc4oc5c(c4c3)CCC=C5c3cccc4c3oc3ccc(-n5c6ccccc6c6ccccc65)cc34)C2C=C1. The summed E-state index contributed by atoms with van der Waals surface area (Å²) in [7, 11) is 0. The fraction of sp³-hybridized carbons (Fsp3) is 0.0833. The molecule has 6 aromatic carbocycles. The van der Waals surface area contributed by atoms with E-state index in [1.165, 1.54) is 49.7 Å². The Kier molecular flexibility index (Phi) is 5.70. The Morgan fingerprint density at radius 2 is 1.29 bits per heavy atom. The van der Waals surface area contributed by atoms with E-state index in [-0.39, 0.29) is 6.04 Å². The highest BCUT2D eigenvalue weighted by Crippen LogP contribution is 2.49. The number of aromatic nitrogens is 1. The van der Waals surface area contributed by atoms with Gasteiger partial charge < -0.3 is 18.3 Å². The fourth-order valence-corrected chi connectivity index (χ4v) is 9.37. The first-order valence-corrected chi connectivity index (χ1v) is 18.2. The van der Waals surface area contributed by atoms with Crippen molar-refractivity contribution in [1.82, 2.24) is 4.57 Å². The van der Waals surface area contributed by atoms with Crippen molar-refractivity contribution in [2.75, 3.05) is 4.90 Å². The van der Waals surface area contributed by atoms with E-state index in [4.69, 9.17) is 8.83 Å². The number of benzene rings is 6. The summed E-state index contributed by atoms with van der Waals surface area (Å²) in [6.45, 7) is 0. The summed E-state index contributed by atoms with van der Waals surface area (Å²) in [6, 6.07) is 46.3. The molecule has 12 rings (SSSR count). The Labute approximate surface area is 299 Å². The van der Waals surface area contributed by atoms with Crippen LogP contribution in [-0.4, -0.2) is 10.6 Å². The van der Waals surface area contributed by atoms with Crippen LogP contribution in [0, 0.1) is 0 Å². The van der Waals surface area contributed by atoms with Crippen molar-refractivity contribution in [3.05, 3.63) is 180 Å². The normalized spacial score (nSPS) is 17.8. The van der Waals surface area contributed by atoms with Gasteiger partial charge in [-0.05, 0) is 73.0 Å². The lowest BCUT2D eigenvalue weighted by molar-refractivity contribution is 0.590. The van der Waals surface area contributed by atoms with Crippen LogP contribution in [-0.2, 0) is 6.42 Å². The summed E-state index contributed by atoms with van der Waals surface area (Å²) in [6.07, 6.45) is 13.2. The van der Waals surface area contributed by atoms with Gasteiger partial charge in [0.15, 0.2) is 0 Å². The van der Waals surface area contributed by atoms with Crippen LogP contribution in [0.2, 0.25) is 0 Å². The Hall–Kier alpha value is -6.52. The predicted molar refractivity (Wildman–Crippen MR) is 213 cm³/mol. The number of nitrogens with zero attached hydrogens (tertiary/aromatic N) is 2. The van der Waals surface area contributed by atoms with E-state index >= 15 is 0 Å². The van der Waals surface area contributed by atoms with E-state index in [9.17, 15) is 0 Å². The molecule has 1 aliphatic heterocycles. The largest absolute Gasteiger partial charge is 0.456 e. The van der Waals surface area contributed by atoms with E-state index in [1.807, 2.05) is 0 Å². The van der Waals surface area contributed by atoms with Crippen molar-refractivity contribution in [3.63, 3.8) is 0 Å². The third-order valence-corrected chi connectivity index (χ3v) is 11.6. The Morgan fingerprint density at radius 3 is 2.15 bits per heavy atom. The van der Waals surface area contributed by atoms with Gasteiger partial charge in [0.05, 0.1) is 17.1 Å². The van der Waals surface area contributed by atoms with Gasteiger partial charge in [-0.1, -0.05) is 103 Å². The zero-order chi connectivity index (χ0) is 33.9. The van der Waals surface area contributed by atoms with Crippen molar-refractivity contribution in [2.24, 2.45) is 0 Å². The Balaban J connectivity index is 0.982. The van der Waals surface area contributed by atoms with Crippen LogP contribution in [0.15, 0.2) is 167 Å². The third-order valence-electron chi connectivity index (χ3n) is 11.6. The van der Waals surface area contributed by atoms with Gasteiger partial charge in [-0.2, -0.15) is 0 Å². The quantitative estimate of drug-likeness (QED) is 0.188. The number of hydrogen-bond acceptors (Lipinski definition) is 3. The molecule has 4 nitrogen and oxygen atoms in total. The lowest BCUT2D eigenvalue weighted by Crippen LogP contribution is -2.28. The van der Waals surface area contributed by atoms with Gasteiger partial charge in [0.25, 0.3) is 0 Å². The van der Waals surface area contributed by atoms with Gasteiger partial charge in [0.1, 0.15) is 22.5 Å². The predicted octanol–water partition coefficient (Wildman–Crippen LogP) is 12.5. The van der Waals surface area contributed by atoms with Gasteiger partial charge in [-0.15, -0.1) is 0 Å². The molecular formula is C48H32N2O2. The van der Waals surface area contributed by atoms with Crippen molar-refractivity contribution in [2.45, 2.75) is 24.8 Å². The van der Waals surface area contributed by atoms with Crippen LogP contribution in [0.3, 0.4) is 0 Å². The molecule has 0 radical (unpaired) electrons. The van der Waals surface area contributed by atoms with Crippen LogP contribution < -0.4 is 4.90 Å². The molecule has 0 spiro atoms. The van der Waals surface area contributed by atoms with Gasteiger partial charge >= 0.3 is 0 Å². The molecule has 246 valence electrons. The van der Waals surface area contributed by atoms with Crippen LogP contribution >= 0.6 is 0 Å². The number of rotatable bonds is 3. The molecule has 3 aromatic heterocycles. The average molecular weight is 669 g/mol. The minimum atomic E-state index is 0.263. The van der Waals surface area contributed by atoms with E-state index in [1.54, 1.807) is 0 Å². The van der Waals surface area contributed by atoms with Crippen LogP contribution in [0.4, 0.5) is 11.4 Å².